The van der Waals surface area contributed by atoms with Gasteiger partial charge in [-0.05, 0) is 53.7 Å². The van der Waals surface area contributed by atoms with Crippen molar-refractivity contribution in [2.45, 2.75) is 39.5 Å². The van der Waals surface area contributed by atoms with E-state index in [9.17, 15) is 0 Å². The molecule has 2 aromatic rings. The Hall–Kier alpha value is -1.42. The van der Waals surface area contributed by atoms with Gasteiger partial charge in [0, 0.05) is 24.7 Å². The minimum atomic E-state index is 0.871. The zero-order chi connectivity index (χ0) is 14.8. The summed E-state index contributed by atoms with van der Waals surface area (Å²) >= 11 is 3.52. The fourth-order valence-electron chi connectivity index (χ4n) is 2.89. The number of nitrogens with zero attached hydrogens (tertiary/aromatic N) is 3. The molecule has 0 radical (unpaired) electrons. The van der Waals surface area contributed by atoms with E-state index in [1.807, 2.05) is 6.07 Å². The molecule has 0 bridgehead atoms. The van der Waals surface area contributed by atoms with Crippen molar-refractivity contribution in [2.24, 2.45) is 0 Å². The van der Waals surface area contributed by atoms with Gasteiger partial charge in [-0.15, -0.1) is 0 Å². The van der Waals surface area contributed by atoms with E-state index in [2.05, 4.69) is 57.9 Å². The molecule has 0 saturated carbocycles. The molecule has 1 aliphatic rings. The number of benzene rings is 1. The standard InChI is InChI=1S/C17H20BrN3/c1-3-5-16-19-15(18)11-17(20-16)21-9-4-6-13-10-12(2)7-8-14(13)21/h7-8,10-11H,3-6,9H2,1-2H3. The lowest BCUT2D eigenvalue weighted by molar-refractivity contribution is 0.747. The van der Waals surface area contributed by atoms with Crippen LogP contribution in [0.2, 0.25) is 0 Å². The van der Waals surface area contributed by atoms with Crippen molar-refractivity contribution in [2.75, 3.05) is 11.4 Å². The van der Waals surface area contributed by atoms with Crippen LogP contribution >= 0.6 is 15.9 Å². The Labute approximate surface area is 134 Å². The maximum Gasteiger partial charge on any atom is 0.137 e. The topological polar surface area (TPSA) is 29.0 Å². The molecule has 0 amide bonds. The van der Waals surface area contributed by atoms with Crippen molar-refractivity contribution in [1.82, 2.24) is 9.97 Å². The number of fused-ring (bicyclic) bond motifs is 1. The summed E-state index contributed by atoms with van der Waals surface area (Å²) in [5.74, 6) is 1.92. The second-order valence-electron chi connectivity index (χ2n) is 5.60. The third kappa shape index (κ3) is 3.10. The van der Waals surface area contributed by atoms with Crippen molar-refractivity contribution < 1.29 is 0 Å². The largest absolute Gasteiger partial charge is 0.326 e. The van der Waals surface area contributed by atoms with Crippen molar-refractivity contribution >= 4 is 27.4 Å². The van der Waals surface area contributed by atoms with Crippen molar-refractivity contribution in [3.63, 3.8) is 0 Å². The number of aromatic nitrogens is 2. The molecule has 1 aromatic carbocycles. The minimum Gasteiger partial charge on any atom is -0.326 e. The summed E-state index contributed by atoms with van der Waals surface area (Å²) in [4.78, 5) is 11.5. The van der Waals surface area contributed by atoms with Crippen LogP contribution in [0.1, 0.15) is 36.7 Å². The average molecular weight is 346 g/mol. The monoisotopic (exact) mass is 345 g/mol. The number of halogens is 1. The van der Waals surface area contributed by atoms with E-state index in [-0.39, 0.29) is 0 Å². The maximum absolute atomic E-state index is 4.75. The number of aryl methyl sites for hydroxylation is 3. The van der Waals surface area contributed by atoms with Crippen LogP contribution < -0.4 is 4.90 Å². The highest BCUT2D eigenvalue weighted by Gasteiger charge is 2.20. The Morgan fingerprint density at radius 2 is 2.10 bits per heavy atom. The molecule has 0 saturated heterocycles. The molecule has 0 fully saturated rings. The van der Waals surface area contributed by atoms with Crippen molar-refractivity contribution in [3.05, 3.63) is 45.8 Å². The first kappa shape index (κ1) is 14.5. The van der Waals surface area contributed by atoms with Crippen molar-refractivity contribution in [1.29, 1.82) is 0 Å². The lowest BCUT2D eigenvalue weighted by Crippen LogP contribution is -2.25. The lowest BCUT2D eigenvalue weighted by atomic mass is 9.99. The van der Waals surface area contributed by atoms with Crippen LogP contribution in [0.5, 0.6) is 0 Å². The van der Waals surface area contributed by atoms with Crippen LogP contribution in [-0.2, 0) is 12.8 Å². The van der Waals surface area contributed by atoms with Crippen LogP contribution in [0.4, 0.5) is 11.5 Å². The highest BCUT2D eigenvalue weighted by atomic mass is 79.9. The van der Waals surface area contributed by atoms with Crippen LogP contribution in [0, 0.1) is 6.92 Å². The van der Waals surface area contributed by atoms with Crippen LogP contribution in [0.3, 0.4) is 0 Å². The number of rotatable bonds is 3. The maximum atomic E-state index is 4.75. The molecule has 21 heavy (non-hydrogen) atoms. The first-order valence-electron chi connectivity index (χ1n) is 7.58. The van der Waals surface area contributed by atoms with Crippen LogP contribution in [0.25, 0.3) is 0 Å². The molecule has 0 N–H and O–H groups in total. The summed E-state index contributed by atoms with van der Waals surface area (Å²) in [6.07, 6.45) is 4.30. The zero-order valence-electron chi connectivity index (χ0n) is 12.6. The minimum absolute atomic E-state index is 0.871. The van der Waals surface area contributed by atoms with Gasteiger partial charge in [0.25, 0.3) is 0 Å². The van der Waals surface area contributed by atoms with Gasteiger partial charge in [0.2, 0.25) is 0 Å². The third-order valence-electron chi connectivity index (χ3n) is 3.83. The molecule has 3 nitrogen and oxygen atoms in total. The highest BCUT2D eigenvalue weighted by molar-refractivity contribution is 9.10. The van der Waals surface area contributed by atoms with Crippen LogP contribution in [-0.4, -0.2) is 16.5 Å². The molecule has 1 aliphatic heterocycles. The van der Waals surface area contributed by atoms with E-state index in [4.69, 9.17) is 4.98 Å². The summed E-state index contributed by atoms with van der Waals surface area (Å²) in [5, 5.41) is 0. The Bertz CT molecular complexity index is 654. The van der Waals surface area contributed by atoms with E-state index >= 15 is 0 Å². The van der Waals surface area contributed by atoms with E-state index < -0.39 is 0 Å². The van der Waals surface area contributed by atoms with Gasteiger partial charge < -0.3 is 4.90 Å². The quantitative estimate of drug-likeness (QED) is 0.762. The Kier molecular flexibility index (Phi) is 4.24. The number of anilines is 2. The van der Waals surface area contributed by atoms with Gasteiger partial charge in [-0.25, -0.2) is 9.97 Å². The number of hydrogen-bond donors (Lipinski definition) is 0. The molecule has 110 valence electrons. The van der Waals surface area contributed by atoms with Crippen LogP contribution in [0.15, 0.2) is 28.9 Å². The summed E-state index contributed by atoms with van der Waals surface area (Å²) in [6.45, 7) is 5.33. The molecule has 2 heterocycles. The van der Waals surface area contributed by atoms with Gasteiger partial charge in [-0.1, -0.05) is 24.6 Å². The Morgan fingerprint density at radius 1 is 1.24 bits per heavy atom. The molecule has 0 unspecified atom stereocenters. The van der Waals surface area contributed by atoms with E-state index in [0.29, 0.717) is 0 Å². The third-order valence-corrected chi connectivity index (χ3v) is 4.24. The van der Waals surface area contributed by atoms with E-state index in [1.165, 1.54) is 23.2 Å². The van der Waals surface area contributed by atoms with Gasteiger partial charge in [0.15, 0.2) is 0 Å². The fourth-order valence-corrected chi connectivity index (χ4v) is 3.30. The van der Waals surface area contributed by atoms with Gasteiger partial charge in [0.1, 0.15) is 16.2 Å². The molecule has 0 aliphatic carbocycles. The normalized spacial score (nSPS) is 14.1. The Balaban J connectivity index is 2.02. The van der Waals surface area contributed by atoms with Gasteiger partial charge in [-0.3, -0.25) is 0 Å². The predicted molar refractivity (Wildman–Crippen MR) is 90.2 cm³/mol. The molecule has 1 aromatic heterocycles. The molecular weight excluding hydrogens is 326 g/mol. The lowest BCUT2D eigenvalue weighted by Gasteiger charge is -2.31. The fraction of sp³-hybridized carbons (Fsp3) is 0.412. The Morgan fingerprint density at radius 3 is 2.90 bits per heavy atom. The zero-order valence-corrected chi connectivity index (χ0v) is 14.2. The van der Waals surface area contributed by atoms with E-state index in [0.717, 1.165) is 42.1 Å². The first-order chi connectivity index (χ1) is 10.2. The molecular formula is C17H20BrN3. The molecule has 0 spiro atoms. The molecule has 0 atom stereocenters. The van der Waals surface area contributed by atoms with Crippen molar-refractivity contribution in [3.8, 4) is 0 Å². The summed E-state index contributed by atoms with van der Waals surface area (Å²) in [6, 6.07) is 8.72. The second-order valence-corrected chi connectivity index (χ2v) is 6.41. The highest BCUT2D eigenvalue weighted by Crippen LogP contribution is 2.33. The SMILES string of the molecule is CCCc1nc(Br)cc(N2CCCc3cc(C)ccc32)n1. The predicted octanol–water partition coefficient (Wildman–Crippen LogP) is 4.58. The number of hydrogen-bond acceptors (Lipinski definition) is 3. The molecule has 4 heteroatoms. The summed E-state index contributed by atoms with van der Waals surface area (Å²) < 4.78 is 0.871. The average Bonchev–Trinajstić information content (AvgIpc) is 2.46. The van der Waals surface area contributed by atoms with E-state index in [1.54, 1.807) is 0 Å². The van der Waals surface area contributed by atoms with Gasteiger partial charge in [-0.2, -0.15) is 0 Å². The first-order valence-corrected chi connectivity index (χ1v) is 8.37. The second kappa shape index (κ2) is 6.14. The smallest absolute Gasteiger partial charge is 0.137 e. The van der Waals surface area contributed by atoms with Gasteiger partial charge in [0.05, 0.1) is 0 Å². The van der Waals surface area contributed by atoms with Gasteiger partial charge >= 0.3 is 0 Å². The summed E-state index contributed by atoms with van der Waals surface area (Å²) in [7, 11) is 0. The molecule has 3 rings (SSSR count). The summed E-state index contributed by atoms with van der Waals surface area (Å²) in [5.41, 5.74) is 4.04.